The van der Waals surface area contributed by atoms with Crippen molar-refractivity contribution in [1.82, 2.24) is 4.90 Å². The minimum Gasteiger partial charge on any atom is -0.465 e. The van der Waals surface area contributed by atoms with E-state index in [1.165, 1.54) is 4.90 Å². The van der Waals surface area contributed by atoms with Crippen molar-refractivity contribution in [3.63, 3.8) is 0 Å². The molecular formula is C9H18N2O3. The molecule has 1 aliphatic heterocycles. The maximum Gasteiger partial charge on any atom is 0.407 e. The van der Waals surface area contributed by atoms with E-state index < -0.39 is 6.09 Å². The monoisotopic (exact) mass is 202 g/mol. The zero-order chi connectivity index (χ0) is 10.6. The van der Waals surface area contributed by atoms with E-state index in [4.69, 9.17) is 15.6 Å². The largest absolute Gasteiger partial charge is 0.465 e. The molecule has 1 heterocycles. The molecule has 0 saturated carbocycles. The number of rotatable bonds is 3. The Morgan fingerprint density at radius 1 is 1.71 bits per heavy atom. The van der Waals surface area contributed by atoms with Gasteiger partial charge in [0.05, 0.1) is 18.8 Å². The van der Waals surface area contributed by atoms with Gasteiger partial charge in [-0.2, -0.15) is 0 Å². The molecule has 5 heteroatoms. The van der Waals surface area contributed by atoms with Crippen molar-refractivity contribution in [1.29, 1.82) is 0 Å². The molecule has 1 aliphatic rings. The highest BCUT2D eigenvalue weighted by molar-refractivity contribution is 5.65. The summed E-state index contributed by atoms with van der Waals surface area (Å²) in [7, 11) is 0. The van der Waals surface area contributed by atoms with Gasteiger partial charge in [-0.15, -0.1) is 0 Å². The number of nitrogens with two attached hydrogens (primary N) is 1. The summed E-state index contributed by atoms with van der Waals surface area (Å²) in [4.78, 5) is 12.2. The molecule has 0 aromatic rings. The van der Waals surface area contributed by atoms with E-state index in [9.17, 15) is 4.79 Å². The molecule has 82 valence electrons. The number of hydrogen-bond donors (Lipinski definition) is 2. The van der Waals surface area contributed by atoms with Gasteiger partial charge in [0.25, 0.3) is 0 Å². The van der Waals surface area contributed by atoms with E-state index in [0.29, 0.717) is 26.2 Å². The van der Waals surface area contributed by atoms with Gasteiger partial charge in [0.2, 0.25) is 0 Å². The molecule has 0 radical (unpaired) electrons. The topological polar surface area (TPSA) is 75.8 Å². The minimum absolute atomic E-state index is 0.351. The van der Waals surface area contributed by atoms with Crippen LogP contribution in [0.15, 0.2) is 0 Å². The molecule has 3 N–H and O–H groups in total. The third kappa shape index (κ3) is 2.85. The first kappa shape index (κ1) is 11.3. The number of carbonyl (C=O) groups is 1. The standard InChI is InChI=1S/C9H18N2O3/c1-9(3-2-4-10)7-11(8(12)13)5-6-14-9/h2-7,10H2,1H3,(H,12,13). The summed E-state index contributed by atoms with van der Waals surface area (Å²) in [6, 6.07) is 0. The van der Waals surface area contributed by atoms with E-state index in [1.54, 1.807) is 0 Å². The molecule has 1 saturated heterocycles. The lowest BCUT2D eigenvalue weighted by atomic mass is 9.98. The van der Waals surface area contributed by atoms with Crippen molar-refractivity contribution in [3.8, 4) is 0 Å². The second-order valence-corrected chi connectivity index (χ2v) is 3.89. The number of hydrogen-bond acceptors (Lipinski definition) is 3. The first-order valence-corrected chi connectivity index (χ1v) is 4.89. The van der Waals surface area contributed by atoms with E-state index in [2.05, 4.69) is 0 Å². The fourth-order valence-corrected chi connectivity index (χ4v) is 1.72. The Morgan fingerprint density at radius 3 is 3.00 bits per heavy atom. The van der Waals surface area contributed by atoms with Gasteiger partial charge in [0.15, 0.2) is 0 Å². The molecular weight excluding hydrogens is 184 g/mol. The summed E-state index contributed by atoms with van der Waals surface area (Å²) in [5.41, 5.74) is 5.06. The second kappa shape index (κ2) is 4.61. The summed E-state index contributed by atoms with van der Waals surface area (Å²) in [6.07, 6.45) is 0.810. The SMILES string of the molecule is CC1(CCCN)CN(C(=O)O)CCO1. The van der Waals surface area contributed by atoms with Crippen LogP contribution in [-0.2, 0) is 4.74 Å². The molecule has 0 bridgehead atoms. The molecule has 0 aromatic heterocycles. The van der Waals surface area contributed by atoms with E-state index in [1.807, 2.05) is 6.92 Å². The van der Waals surface area contributed by atoms with Gasteiger partial charge >= 0.3 is 6.09 Å². The Morgan fingerprint density at radius 2 is 2.43 bits per heavy atom. The third-order valence-electron chi connectivity index (χ3n) is 2.52. The highest BCUT2D eigenvalue weighted by Gasteiger charge is 2.33. The number of morpholine rings is 1. The van der Waals surface area contributed by atoms with Crippen LogP contribution >= 0.6 is 0 Å². The highest BCUT2D eigenvalue weighted by Crippen LogP contribution is 2.22. The van der Waals surface area contributed by atoms with Gasteiger partial charge in [0.1, 0.15) is 0 Å². The summed E-state index contributed by atoms with van der Waals surface area (Å²) in [5, 5.41) is 8.84. The number of ether oxygens (including phenoxy) is 1. The minimum atomic E-state index is -0.868. The number of nitrogens with zero attached hydrogens (tertiary/aromatic N) is 1. The zero-order valence-electron chi connectivity index (χ0n) is 8.53. The van der Waals surface area contributed by atoms with Gasteiger partial charge in [-0.1, -0.05) is 0 Å². The van der Waals surface area contributed by atoms with Crippen LogP contribution < -0.4 is 5.73 Å². The first-order chi connectivity index (χ1) is 6.57. The number of amides is 1. The molecule has 1 amide bonds. The average molecular weight is 202 g/mol. The fraction of sp³-hybridized carbons (Fsp3) is 0.889. The van der Waals surface area contributed by atoms with Crippen molar-refractivity contribution in [2.24, 2.45) is 5.73 Å². The normalized spacial score (nSPS) is 27.7. The third-order valence-corrected chi connectivity index (χ3v) is 2.52. The second-order valence-electron chi connectivity index (χ2n) is 3.89. The Balaban J connectivity index is 2.48. The van der Waals surface area contributed by atoms with Crippen LogP contribution in [0.4, 0.5) is 4.79 Å². The quantitative estimate of drug-likeness (QED) is 0.698. The smallest absolute Gasteiger partial charge is 0.407 e. The lowest BCUT2D eigenvalue weighted by molar-refractivity contribution is -0.0947. The van der Waals surface area contributed by atoms with Crippen LogP contribution in [0.5, 0.6) is 0 Å². The van der Waals surface area contributed by atoms with Crippen molar-refractivity contribution < 1.29 is 14.6 Å². The van der Waals surface area contributed by atoms with Crippen molar-refractivity contribution in [2.45, 2.75) is 25.4 Å². The molecule has 1 rings (SSSR count). The molecule has 1 atom stereocenters. The highest BCUT2D eigenvalue weighted by atomic mass is 16.5. The van der Waals surface area contributed by atoms with Crippen molar-refractivity contribution >= 4 is 6.09 Å². The maximum absolute atomic E-state index is 10.8. The maximum atomic E-state index is 10.8. The Kier molecular flexibility index (Phi) is 3.71. The number of carboxylic acid groups (broad SMARTS) is 1. The van der Waals surface area contributed by atoms with Crippen LogP contribution in [0.3, 0.4) is 0 Å². The lowest BCUT2D eigenvalue weighted by Crippen LogP contribution is -2.51. The Bertz CT molecular complexity index is 210. The predicted molar refractivity (Wildman–Crippen MR) is 52.2 cm³/mol. The molecule has 1 unspecified atom stereocenters. The predicted octanol–water partition coefficient (Wildman–Crippen LogP) is 0.494. The fourth-order valence-electron chi connectivity index (χ4n) is 1.72. The molecule has 0 aromatic carbocycles. The molecule has 1 fully saturated rings. The van der Waals surface area contributed by atoms with Gasteiger partial charge < -0.3 is 20.5 Å². The van der Waals surface area contributed by atoms with E-state index >= 15 is 0 Å². The lowest BCUT2D eigenvalue weighted by Gasteiger charge is -2.39. The summed E-state index contributed by atoms with van der Waals surface area (Å²) >= 11 is 0. The molecule has 14 heavy (non-hydrogen) atoms. The van der Waals surface area contributed by atoms with Crippen molar-refractivity contribution in [3.05, 3.63) is 0 Å². The first-order valence-electron chi connectivity index (χ1n) is 4.89. The molecule has 0 aliphatic carbocycles. The summed E-state index contributed by atoms with van der Waals surface area (Å²) in [6.45, 7) is 3.95. The van der Waals surface area contributed by atoms with Crippen LogP contribution in [0.2, 0.25) is 0 Å². The Labute approximate surface area is 83.8 Å². The van der Waals surface area contributed by atoms with Gasteiger partial charge in [-0.25, -0.2) is 4.79 Å². The van der Waals surface area contributed by atoms with E-state index in [0.717, 1.165) is 12.8 Å². The molecule has 5 nitrogen and oxygen atoms in total. The van der Waals surface area contributed by atoms with Gasteiger partial charge in [-0.3, -0.25) is 0 Å². The van der Waals surface area contributed by atoms with Crippen molar-refractivity contribution in [2.75, 3.05) is 26.2 Å². The van der Waals surface area contributed by atoms with Crippen LogP contribution in [0.25, 0.3) is 0 Å². The van der Waals surface area contributed by atoms with Gasteiger partial charge in [0, 0.05) is 6.54 Å². The van der Waals surface area contributed by atoms with Crippen LogP contribution in [0, 0.1) is 0 Å². The molecule has 0 spiro atoms. The Hall–Kier alpha value is -0.810. The average Bonchev–Trinajstić information content (AvgIpc) is 2.15. The van der Waals surface area contributed by atoms with Gasteiger partial charge in [-0.05, 0) is 26.3 Å². The van der Waals surface area contributed by atoms with Crippen LogP contribution in [-0.4, -0.2) is 47.9 Å². The van der Waals surface area contributed by atoms with Crippen LogP contribution in [0.1, 0.15) is 19.8 Å². The van der Waals surface area contributed by atoms with E-state index in [-0.39, 0.29) is 5.60 Å². The summed E-state index contributed by atoms with van der Waals surface area (Å²) < 4.78 is 5.59. The zero-order valence-corrected chi connectivity index (χ0v) is 8.53. The summed E-state index contributed by atoms with van der Waals surface area (Å²) in [5.74, 6) is 0.